The Kier molecular flexibility index (Phi) is 3.95. The molecule has 0 saturated carbocycles. The van der Waals surface area contributed by atoms with E-state index in [0.717, 1.165) is 12.2 Å². The van der Waals surface area contributed by atoms with Crippen molar-refractivity contribution in [2.45, 2.75) is 32.7 Å². The molecule has 1 fully saturated rings. The number of rotatable bonds is 2. The van der Waals surface area contributed by atoms with Crippen LogP contribution >= 0.6 is 15.9 Å². The van der Waals surface area contributed by atoms with Gasteiger partial charge >= 0.3 is 5.97 Å². The maximum atomic E-state index is 11.0. The number of carboxylic acid groups (broad SMARTS) is 1. The molecule has 0 aliphatic carbocycles. The van der Waals surface area contributed by atoms with Crippen LogP contribution in [0.4, 0.5) is 5.69 Å². The van der Waals surface area contributed by atoms with Crippen molar-refractivity contribution in [3.05, 3.63) is 28.2 Å². The lowest BCUT2D eigenvalue weighted by molar-refractivity contribution is 0.0696. The normalized spacial score (nSPS) is 24.1. The van der Waals surface area contributed by atoms with Gasteiger partial charge in [-0.25, -0.2) is 4.79 Å². The summed E-state index contributed by atoms with van der Waals surface area (Å²) in [5, 5.41) is 9.02. The van der Waals surface area contributed by atoms with Crippen molar-refractivity contribution < 1.29 is 9.90 Å². The molecule has 4 heteroatoms. The summed E-state index contributed by atoms with van der Waals surface area (Å²) in [5.41, 5.74) is 1.42. The number of benzene rings is 1. The summed E-state index contributed by atoms with van der Waals surface area (Å²) in [6.45, 7) is 5.56. The molecule has 0 aromatic heterocycles. The molecule has 1 heterocycles. The Bertz CT molecular complexity index is 461. The van der Waals surface area contributed by atoms with E-state index in [-0.39, 0.29) is 0 Å². The van der Waals surface area contributed by atoms with Crippen LogP contribution in [-0.2, 0) is 0 Å². The fraction of sp³-hybridized carbons (Fsp3) is 0.500. The van der Waals surface area contributed by atoms with E-state index in [0.29, 0.717) is 22.0 Å². The van der Waals surface area contributed by atoms with Crippen LogP contribution in [0.25, 0.3) is 0 Å². The van der Waals surface area contributed by atoms with E-state index in [2.05, 4.69) is 34.7 Å². The smallest absolute Gasteiger partial charge is 0.336 e. The molecule has 98 valence electrons. The number of carbonyl (C=O) groups is 1. The van der Waals surface area contributed by atoms with E-state index < -0.39 is 5.97 Å². The van der Waals surface area contributed by atoms with Gasteiger partial charge in [-0.1, -0.05) is 6.92 Å². The Morgan fingerprint density at radius 3 is 2.78 bits per heavy atom. The Morgan fingerprint density at radius 2 is 2.17 bits per heavy atom. The maximum absolute atomic E-state index is 11.0. The third-order valence-corrected chi connectivity index (χ3v) is 4.54. The van der Waals surface area contributed by atoms with Crippen molar-refractivity contribution in [3.8, 4) is 0 Å². The molecule has 0 bridgehead atoms. The monoisotopic (exact) mass is 311 g/mol. The van der Waals surface area contributed by atoms with E-state index in [9.17, 15) is 4.79 Å². The minimum absolute atomic E-state index is 0.316. The van der Waals surface area contributed by atoms with E-state index in [1.165, 1.54) is 12.8 Å². The second kappa shape index (κ2) is 5.31. The van der Waals surface area contributed by atoms with Gasteiger partial charge in [-0.3, -0.25) is 0 Å². The molecule has 1 aromatic rings. The molecule has 0 spiro atoms. The van der Waals surface area contributed by atoms with Crippen LogP contribution in [0.5, 0.6) is 0 Å². The molecule has 1 saturated heterocycles. The number of nitrogens with zero attached hydrogens (tertiary/aromatic N) is 1. The third kappa shape index (κ3) is 2.53. The average molecular weight is 312 g/mol. The van der Waals surface area contributed by atoms with E-state index in [1.54, 1.807) is 6.07 Å². The summed E-state index contributed by atoms with van der Waals surface area (Å²) in [7, 11) is 0. The van der Waals surface area contributed by atoms with E-state index in [1.807, 2.05) is 12.1 Å². The maximum Gasteiger partial charge on any atom is 0.336 e. The summed E-state index contributed by atoms with van der Waals surface area (Å²) in [6.07, 6.45) is 2.47. The van der Waals surface area contributed by atoms with Gasteiger partial charge in [0.15, 0.2) is 0 Å². The molecule has 0 amide bonds. The zero-order valence-corrected chi connectivity index (χ0v) is 12.3. The molecule has 1 N–H and O–H groups in total. The number of hydrogen-bond acceptors (Lipinski definition) is 2. The standard InChI is InChI=1S/C14H18BrNO2/c1-9-4-3-7-16(10(9)2)11-5-6-12(14(17)18)13(15)8-11/h5-6,8-10H,3-4,7H2,1-2H3,(H,17,18). The van der Waals surface area contributed by atoms with Gasteiger partial charge in [0.2, 0.25) is 0 Å². The highest BCUT2D eigenvalue weighted by Crippen LogP contribution is 2.31. The molecule has 2 rings (SSSR count). The minimum atomic E-state index is -0.895. The number of carboxylic acids is 1. The van der Waals surface area contributed by atoms with Gasteiger partial charge in [0.1, 0.15) is 0 Å². The van der Waals surface area contributed by atoms with Crippen LogP contribution in [0, 0.1) is 5.92 Å². The lowest BCUT2D eigenvalue weighted by Crippen LogP contribution is -2.42. The summed E-state index contributed by atoms with van der Waals surface area (Å²) < 4.78 is 0.651. The van der Waals surface area contributed by atoms with E-state index >= 15 is 0 Å². The number of halogens is 1. The molecule has 1 aliphatic rings. The largest absolute Gasteiger partial charge is 0.478 e. The summed E-state index contributed by atoms with van der Waals surface area (Å²) >= 11 is 3.34. The molecule has 1 aromatic carbocycles. The molecule has 3 nitrogen and oxygen atoms in total. The zero-order chi connectivity index (χ0) is 13.3. The third-order valence-electron chi connectivity index (χ3n) is 3.89. The van der Waals surface area contributed by atoms with Gasteiger partial charge in [0, 0.05) is 22.7 Å². The first-order valence-corrected chi connectivity index (χ1v) is 7.09. The second-order valence-electron chi connectivity index (χ2n) is 5.02. The van der Waals surface area contributed by atoms with Gasteiger partial charge < -0.3 is 10.0 Å². The molecular formula is C14H18BrNO2. The highest BCUT2D eigenvalue weighted by Gasteiger charge is 2.25. The first-order valence-electron chi connectivity index (χ1n) is 6.30. The quantitative estimate of drug-likeness (QED) is 0.903. The summed E-state index contributed by atoms with van der Waals surface area (Å²) in [4.78, 5) is 13.3. The molecule has 0 radical (unpaired) electrons. The van der Waals surface area contributed by atoms with Crippen molar-refractivity contribution >= 4 is 27.6 Å². The Labute approximate surface area is 116 Å². The van der Waals surface area contributed by atoms with Crippen LogP contribution in [0.3, 0.4) is 0 Å². The predicted molar refractivity (Wildman–Crippen MR) is 76.3 cm³/mol. The lowest BCUT2D eigenvalue weighted by atomic mass is 9.91. The Balaban J connectivity index is 2.28. The first-order chi connectivity index (χ1) is 8.50. The van der Waals surface area contributed by atoms with Crippen molar-refractivity contribution in [1.82, 2.24) is 0 Å². The number of anilines is 1. The second-order valence-corrected chi connectivity index (χ2v) is 5.88. The van der Waals surface area contributed by atoms with Gasteiger partial charge in [-0.15, -0.1) is 0 Å². The Hall–Kier alpha value is -1.03. The van der Waals surface area contributed by atoms with Crippen molar-refractivity contribution in [3.63, 3.8) is 0 Å². The van der Waals surface area contributed by atoms with Gasteiger partial charge in [-0.05, 0) is 59.8 Å². The van der Waals surface area contributed by atoms with Crippen molar-refractivity contribution in [2.24, 2.45) is 5.92 Å². The highest BCUT2D eigenvalue weighted by molar-refractivity contribution is 9.10. The molecule has 2 unspecified atom stereocenters. The molecule has 18 heavy (non-hydrogen) atoms. The van der Waals surface area contributed by atoms with Crippen molar-refractivity contribution in [1.29, 1.82) is 0 Å². The zero-order valence-electron chi connectivity index (χ0n) is 10.7. The molecule has 1 aliphatic heterocycles. The van der Waals surface area contributed by atoms with Crippen LogP contribution in [0.2, 0.25) is 0 Å². The average Bonchev–Trinajstić information content (AvgIpc) is 2.32. The highest BCUT2D eigenvalue weighted by atomic mass is 79.9. The molecule has 2 atom stereocenters. The SMILES string of the molecule is CC1CCCN(c2ccc(C(=O)O)c(Br)c2)C1C. The van der Waals surface area contributed by atoms with Gasteiger partial charge in [-0.2, -0.15) is 0 Å². The fourth-order valence-electron chi connectivity index (χ4n) is 2.56. The van der Waals surface area contributed by atoms with Gasteiger partial charge in [0.25, 0.3) is 0 Å². The topological polar surface area (TPSA) is 40.5 Å². The number of piperidine rings is 1. The van der Waals surface area contributed by atoms with Crippen LogP contribution in [0.15, 0.2) is 22.7 Å². The number of hydrogen-bond donors (Lipinski definition) is 1. The summed E-state index contributed by atoms with van der Waals surface area (Å²) in [5.74, 6) is -0.217. The fourth-order valence-corrected chi connectivity index (χ4v) is 3.09. The number of aromatic carboxylic acids is 1. The van der Waals surface area contributed by atoms with Crippen molar-refractivity contribution in [2.75, 3.05) is 11.4 Å². The lowest BCUT2D eigenvalue weighted by Gasteiger charge is -2.39. The summed E-state index contributed by atoms with van der Waals surface area (Å²) in [6, 6.07) is 6.00. The van der Waals surface area contributed by atoms with Crippen LogP contribution in [0.1, 0.15) is 37.0 Å². The van der Waals surface area contributed by atoms with Crippen LogP contribution in [-0.4, -0.2) is 23.7 Å². The van der Waals surface area contributed by atoms with Gasteiger partial charge in [0.05, 0.1) is 5.56 Å². The minimum Gasteiger partial charge on any atom is -0.478 e. The van der Waals surface area contributed by atoms with Crippen LogP contribution < -0.4 is 4.90 Å². The molecular weight excluding hydrogens is 294 g/mol. The predicted octanol–water partition coefficient (Wildman–Crippen LogP) is 3.77. The first kappa shape index (κ1) is 13.4. The Morgan fingerprint density at radius 1 is 1.44 bits per heavy atom. The van der Waals surface area contributed by atoms with E-state index in [4.69, 9.17) is 5.11 Å².